The number of rotatable bonds is 5. The molecule has 2 aromatic rings. The smallest absolute Gasteiger partial charge is 0.243 e. The molecule has 0 bridgehead atoms. The van der Waals surface area contributed by atoms with Crippen LogP contribution in [0.2, 0.25) is 5.02 Å². The van der Waals surface area contributed by atoms with Crippen LogP contribution in [-0.4, -0.2) is 37.5 Å². The van der Waals surface area contributed by atoms with E-state index in [1.54, 1.807) is 0 Å². The van der Waals surface area contributed by atoms with E-state index in [9.17, 15) is 22.4 Å². The number of hydrogen-bond acceptors (Lipinski definition) is 4. The van der Waals surface area contributed by atoms with Gasteiger partial charge >= 0.3 is 0 Å². The van der Waals surface area contributed by atoms with Gasteiger partial charge in [-0.1, -0.05) is 23.7 Å². The molecule has 1 aliphatic heterocycles. The molecule has 0 atom stereocenters. The highest BCUT2D eigenvalue weighted by molar-refractivity contribution is 7.89. The van der Waals surface area contributed by atoms with Crippen LogP contribution in [0.15, 0.2) is 47.4 Å². The van der Waals surface area contributed by atoms with E-state index >= 15 is 0 Å². The molecular weight excluding hydrogens is 419 g/mol. The number of amides is 1. The molecule has 0 unspecified atom stereocenters. The molecule has 1 fully saturated rings. The molecule has 3 rings (SSSR count). The lowest BCUT2D eigenvalue weighted by molar-refractivity contribution is -0.120. The lowest BCUT2D eigenvalue weighted by Crippen LogP contribution is -2.41. The summed E-state index contributed by atoms with van der Waals surface area (Å²) >= 11 is 5.93. The minimum absolute atomic E-state index is 0.104. The molecule has 1 N–H and O–H groups in total. The highest BCUT2D eigenvalue weighted by Gasteiger charge is 2.32. The van der Waals surface area contributed by atoms with E-state index in [1.807, 2.05) is 0 Å². The van der Waals surface area contributed by atoms with Gasteiger partial charge in [0.15, 0.2) is 5.78 Å². The zero-order chi connectivity index (χ0) is 21.2. The van der Waals surface area contributed by atoms with Crippen LogP contribution >= 0.6 is 11.6 Å². The second-order valence-corrected chi connectivity index (χ2v) is 9.22. The first kappa shape index (κ1) is 21.4. The first-order chi connectivity index (χ1) is 13.7. The molecule has 6 nitrogen and oxygen atoms in total. The molecule has 9 heteroatoms. The number of hydrogen-bond donors (Lipinski definition) is 1. The first-order valence-corrected chi connectivity index (χ1v) is 10.9. The minimum Gasteiger partial charge on any atom is -0.325 e. The summed E-state index contributed by atoms with van der Waals surface area (Å²) in [6.45, 7) is 1.82. The van der Waals surface area contributed by atoms with Gasteiger partial charge in [0, 0.05) is 24.6 Å². The molecule has 1 amide bonds. The number of sulfonamides is 1. The van der Waals surface area contributed by atoms with Crippen LogP contribution in [0.4, 0.5) is 10.1 Å². The van der Waals surface area contributed by atoms with Crippen molar-refractivity contribution in [1.82, 2.24) is 4.31 Å². The van der Waals surface area contributed by atoms with Crippen molar-refractivity contribution in [2.45, 2.75) is 24.7 Å². The fraction of sp³-hybridized carbons (Fsp3) is 0.300. The lowest BCUT2D eigenvalue weighted by Gasteiger charge is -2.30. The zero-order valence-corrected chi connectivity index (χ0v) is 17.3. The second kappa shape index (κ2) is 8.61. The van der Waals surface area contributed by atoms with E-state index in [0.717, 1.165) is 6.07 Å². The van der Waals surface area contributed by atoms with Crippen LogP contribution in [0.5, 0.6) is 0 Å². The van der Waals surface area contributed by atoms with Crippen molar-refractivity contribution in [2.75, 3.05) is 18.4 Å². The lowest BCUT2D eigenvalue weighted by atomic mass is 9.97. The Morgan fingerprint density at radius 2 is 1.72 bits per heavy atom. The Bertz CT molecular complexity index is 1030. The van der Waals surface area contributed by atoms with Gasteiger partial charge in [-0.15, -0.1) is 0 Å². The average molecular weight is 439 g/mol. The van der Waals surface area contributed by atoms with Gasteiger partial charge in [0.05, 0.1) is 15.6 Å². The molecular formula is C20H20ClFN2O4S. The summed E-state index contributed by atoms with van der Waals surface area (Å²) in [6, 6.07) is 9.52. The van der Waals surface area contributed by atoms with Crippen molar-refractivity contribution in [1.29, 1.82) is 0 Å². The Kier molecular flexibility index (Phi) is 6.36. The maximum atomic E-state index is 13.1. The van der Waals surface area contributed by atoms with Gasteiger partial charge in [-0.3, -0.25) is 9.59 Å². The van der Waals surface area contributed by atoms with Crippen LogP contribution in [0, 0.1) is 11.7 Å². The van der Waals surface area contributed by atoms with Crippen molar-refractivity contribution in [3.05, 3.63) is 58.9 Å². The molecule has 1 heterocycles. The average Bonchev–Trinajstić information content (AvgIpc) is 2.70. The van der Waals surface area contributed by atoms with Crippen LogP contribution in [0.3, 0.4) is 0 Å². The van der Waals surface area contributed by atoms with Gasteiger partial charge in [-0.25, -0.2) is 12.8 Å². The number of anilines is 1. The van der Waals surface area contributed by atoms with E-state index in [0.29, 0.717) is 24.1 Å². The summed E-state index contributed by atoms with van der Waals surface area (Å²) in [5.41, 5.74) is 0.762. The standard InChI is InChI=1S/C20H20ClFN2O4S/c1-13(25)14-2-5-17(6-3-14)29(27,28)24-10-8-15(9-11-24)20(26)23-19-7-4-16(22)12-18(19)21/h2-7,12,15H,8-11H2,1H3,(H,23,26). The third-order valence-electron chi connectivity index (χ3n) is 4.91. The Labute approximate surface area is 173 Å². The highest BCUT2D eigenvalue weighted by Crippen LogP contribution is 2.27. The molecule has 1 saturated heterocycles. The van der Waals surface area contributed by atoms with Crippen LogP contribution in [0.1, 0.15) is 30.1 Å². The highest BCUT2D eigenvalue weighted by atomic mass is 35.5. The van der Waals surface area contributed by atoms with Gasteiger partial charge in [-0.2, -0.15) is 4.31 Å². The number of carbonyl (C=O) groups is 2. The van der Waals surface area contributed by atoms with Crippen molar-refractivity contribution < 1.29 is 22.4 Å². The number of nitrogens with one attached hydrogen (secondary N) is 1. The van der Waals surface area contributed by atoms with Crippen molar-refractivity contribution >= 4 is 39.0 Å². The molecule has 29 heavy (non-hydrogen) atoms. The van der Waals surface area contributed by atoms with E-state index in [2.05, 4.69) is 5.32 Å². The van der Waals surface area contributed by atoms with Gasteiger partial charge < -0.3 is 5.32 Å². The maximum absolute atomic E-state index is 13.1. The van der Waals surface area contributed by atoms with E-state index in [4.69, 9.17) is 11.6 Å². The number of carbonyl (C=O) groups excluding carboxylic acids is 2. The van der Waals surface area contributed by atoms with E-state index in [1.165, 1.54) is 47.6 Å². The van der Waals surface area contributed by atoms with Gasteiger partial charge in [0.1, 0.15) is 5.82 Å². The van der Waals surface area contributed by atoms with Crippen molar-refractivity contribution in [3.8, 4) is 0 Å². The third-order valence-corrected chi connectivity index (χ3v) is 7.14. The summed E-state index contributed by atoms with van der Waals surface area (Å²) < 4.78 is 40.1. The van der Waals surface area contributed by atoms with E-state index in [-0.39, 0.29) is 40.6 Å². The van der Waals surface area contributed by atoms with Crippen LogP contribution < -0.4 is 5.32 Å². The molecule has 0 aromatic heterocycles. The Morgan fingerprint density at radius 1 is 1.10 bits per heavy atom. The minimum atomic E-state index is -3.70. The van der Waals surface area contributed by atoms with Gasteiger partial charge in [0.2, 0.25) is 15.9 Å². The number of nitrogens with zero attached hydrogens (tertiary/aromatic N) is 1. The summed E-state index contributed by atoms with van der Waals surface area (Å²) in [4.78, 5) is 23.9. The number of Topliss-reactive ketones (excluding diaryl/α,β-unsaturated/α-hetero) is 1. The molecule has 0 radical (unpaired) electrons. The number of halogens is 2. The Hall–Kier alpha value is -2.29. The topological polar surface area (TPSA) is 83.6 Å². The second-order valence-electron chi connectivity index (χ2n) is 6.87. The molecule has 0 spiro atoms. The predicted octanol–water partition coefficient (Wildman–Crippen LogP) is 3.72. The SMILES string of the molecule is CC(=O)c1ccc(S(=O)(=O)N2CCC(C(=O)Nc3ccc(F)cc3Cl)CC2)cc1. The summed E-state index contributed by atoms with van der Waals surface area (Å²) in [7, 11) is -3.70. The maximum Gasteiger partial charge on any atom is 0.243 e. The molecule has 0 saturated carbocycles. The van der Waals surface area contributed by atoms with E-state index < -0.39 is 15.8 Å². The van der Waals surface area contributed by atoms with Gasteiger partial charge in [-0.05, 0) is 50.1 Å². The van der Waals surface area contributed by atoms with Crippen LogP contribution in [-0.2, 0) is 14.8 Å². The number of benzene rings is 2. The quantitative estimate of drug-likeness (QED) is 0.721. The normalized spacial score (nSPS) is 15.8. The molecule has 154 valence electrons. The number of ketones is 1. The number of piperidine rings is 1. The fourth-order valence-corrected chi connectivity index (χ4v) is 4.88. The monoisotopic (exact) mass is 438 g/mol. The fourth-order valence-electron chi connectivity index (χ4n) is 3.19. The third kappa shape index (κ3) is 4.83. The Balaban J connectivity index is 1.63. The molecule has 2 aromatic carbocycles. The van der Waals surface area contributed by atoms with Crippen molar-refractivity contribution in [3.63, 3.8) is 0 Å². The predicted molar refractivity (Wildman–Crippen MR) is 108 cm³/mol. The zero-order valence-electron chi connectivity index (χ0n) is 15.7. The van der Waals surface area contributed by atoms with Crippen LogP contribution in [0.25, 0.3) is 0 Å². The summed E-state index contributed by atoms with van der Waals surface area (Å²) in [6.07, 6.45) is 0.713. The largest absolute Gasteiger partial charge is 0.325 e. The molecule has 0 aliphatic carbocycles. The Morgan fingerprint density at radius 3 is 2.28 bits per heavy atom. The van der Waals surface area contributed by atoms with Crippen molar-refractivity contribution in [2.24, 2.45) is 5.92 Å². The van der Waals surface area contributed by atoms with Gasteiger partial charge in [0.25, 0.3) is 0 Å². The first-order valence-electron chi connectivity index (χ1n) is 9.05. The molecule has 1 aliphatic rings. The summed E-state index contributed by atoms with van der Waals surface area (Å²) in [5.74, 6) is -1.28. The summed E-state index contributed by atoms with van der Waals surface area (Å²) in [5, 5.41) is 2.78.